The zero-order chi connectivity index (χ0) is 11.8. The number of hydrogen-bond acceptors (Lipinski definition) is 4. The van der Waals surface area contributed by atoms with Crippen LogP contribution in [0.5, 0.6) is 5.75 Å². The summed E-state index contributed by atoms with van der Waals surface area (Å²) in [6.07, 6.45) is 2.36. The zero-order valence-corrected chi connectivity index (χ0v) is 10.00. The van der Waals surface area contributed by atoms with Gasteiger partial charge in [0.2, 0.25) is 0 Å². The van der Waals surface area contributed by atoms with Gasteiger partial charge in [-0.05, 0) is 30.1 Å². The van der Waals surface area contributed by atoms with E-state index in [1.807, 2.05) is 11.8 Å². The van der Waals surface area contributed by atoms with Gasteiger partial charge < -0.3 is 9.84 Å². The first-order valence-electron chi connectivity index (χ1n) is 5.14. The number of aromatic nitrogens is 1. The van der Waals surface area contributed by atoms with Gasteiger partial charge in [-0.3, -0.25) is 0 Å². The molecule has 1 heterocycles. The number of hydrogen-bond donors (Lipinski definition) is 1. The highest BCUT2D eigenvalue weighted by molar-refractivity contribution is 7.99. The largest absolute Gasteiger partial charge is 0.491 e. The Balaban J connectivity index is 2.44. The number of rotatable bonds is 7. The van der Waals surface area contributed by atoms with E-state index >= 15 is 0 Å². The molecule has 1 aromatic heterocycles. The molecule has 0 amide bonds. The van der Waals surface area contributed by atoms with Crippen molar-refractivity contribution in [3.63, 3.8) is 0 Å². The molecular weight excluding hydrogens is 226 g/mol. The Kier molecular flexibility index (Phi) is 5.71. The highest BCUT2D eigenvalue weighted by Gasteiger charge is 2.11. The lowest BCUT2D eigenvalue weighted by atomic mass is 10.3. The highest BCUT2D eigenvalue weighted by Crippen LogP contribution is 2.15. The summed E-state index contributed by atoms with van der Waals surface area (Å²) in [5.41, 5.74) is -0.0226. The van der Waals surface area contributed by atoms with E-state index in [1.54, 1.807) is 12.1 Å². The van der Waals surface area contributed by atoms with Gasteiger partial charge in [0.05, 0.1) is 6.61 Å². The second-order valence-electron chi connectivity index (χ2n) is 3.05. The molecule has 0 aliphatic carbocycles. The summed E-state index contributed by atoms with van der Waals surface area (Å²) < 4.78 is 5.39. The van der Waals surface area contributed by atoms with Crippen molar-refractivity contribution >= 4 is 17.7 Å². The van der Waals surface area contributed by atoms with Gasteiger partial charge in [-0.15, -0.1) is 0 Å². The van der Waals surface area contributed by atoms with Crippen LogP contribution in [0, 0.1) is 0 Å². The van der Waals surface area contributed by atoms with E-state index in [9.17, 15) is 4.79 Å². The molecule has 1 rings (SSSR count). The molecule has 0 atom stereocenters. The van der Waals surface area contributed by atoms with Gasteiger partial charge in [-0.2, -0.15) is 11.8 Å². The molecule has 4 nitrogen and oxygen atoms in total. The fraction of sp³-hybridized carbons (Fsp3) is 0.455. The van der Waals surface area contributed by atoms with Crippen LogP contribution in [0.25, 0.3) is 0 Å². The molecule has 0 unspecified atom stereocenters. The number of ether oxygens (including phenoxy) is 1. The topological polar surface area (TPSA) is 59.4 Å². The number of thioether (sulfide) groups is 1. The Bertz CT molecular complexity index is 344. The lowest BCUT2D eigenvalue weighted by Crippen LogP contribution is -2.06. The lowest BCUT2D eigenvalue weighted by Gasteiger charge is -2.07. The van der Waals surface area contributed by atoms with Gasteiger partial charge in [-0.1, -0.05) is 6.92 Å². The Morgan fingerprint density at radius 3 is 3.12 bits per heavy atom. The third kappa shape index (κ3) is 4.10. The fourth-order valence-corrected chi connectivity index (χ4v) is 1.77. The summed E-state index contributed by atoms with van der Waals surface area (Å²) in [6.45, 7) is 2.63. The summed E-state index contributed by atoms with van der Waals surface area (Å²) >= 11 is 1.84. The van der Waals surface area contributed by atoms with E-state index < -0.39 is 5.97 Å². The number of pyridine rings is 1. The van der Waals surface area contributed by atoms with E-state index in [2.05, 4.69) is 11.9 Å². The number of aromatic carboxylic acids is 1. The molecule has 0 saturated carbocycles. The van der Waals surface area contributed by atoms with Crippen molar-refractivity contribution in [1.82, 2.24) is 4.98 Å². The van der Waals surface area contributed by atoms with E-state index in [-0.39, 0.29) is 5.69 Å². The van der Waals surface area contributed by atoms with Crippen LogP contribution in [0.2, 0.25) is 0 Å². The van der Waals surface area contributed by atoms with Crippen molar-refractivity contribution in [3.8, 4) is 5.75 Å². The first-order valence-corrected chi connectivity index (χ1v) is 6.30. The maximum absolute atomic E-state index is 10.8. The summed E-state index contributed by atoms with van der Waals surface area (Å²) in [5.74, 6) is 1.40. The standard InChI is InChI=1S/C11H15NO3S/c1-2-16-8-4-7-15-9-5-3-6-12-10(9)11(13)14/h3,5-6H,2,4,7-8H2,1H3,(H,13,14). The number of carbonyl (C=O) groups is 1. The van der Waals surface area contributed by atoms with Gasteiger partial charge >= 0.3 is 5.97 Å². The molecular formula is C11H15NO3S. The molecule has 1 N–H and O–H groups in total. The monoisotopic (exact) mass is 241 g/mol. The molecule has 1 aromatic rings. The van der Waals surface area contributed by atoms with Crippen LogP contribution in [0.15, 0.2) is 18.3 Å². The third-order valence-corrected chi connectivity index (χ3v) is 2.85. The van der Waals surface area contributed by atoms with Crippen molar-refractivity contribution in [3.05, 3.63) is 24.0 Å². The van der Waals surface area contributed by atoms with E-state index in [4.69, 9.17) is 9.84 Å². The van der Waals surface area contributed by atoms with Gasteiger partial charge in [0.1, 0.15) is 0 Å². The lowest BCUT2D eigenvalue weighted by molar-refractivity contribution is 0.0685. The van der Waals surface area contributed by atoms with Crippen molar-refractivity contribution in [2.45, 2.75) is 13.3 Å². The maximum atomic E-state index is 10.8. The predicted molar refractivity (Wildman–Crippen MR) is 64.3 cm³/mol. The Morgan fingerprint density at radius 2 is 2.44 bits per heavy atom. The van der Waals surface area contributed by atoms with Gasteiger partial charge in [0.25, 0.3) is 0 Å². The second kappa shape index (κ2) is 7.11. The third-order valence-electron chi connectivity index (χ3n) is 1.87. The molecule has 0 fully saturated rings. The van der Waals surface area contributed by atoms with E-state index in [0.29, 0.717) is 12.4 Å². The Morgan fingerprint density at radius 1 is 1.62 bits per heavy atom. The number of carboxylic acids is 1. The number of nitrogens with zero attached hydrogens (tertiary/aromatic N) is 1. The molecule has 5 heteroatoms. The molecule has 0 spiro atoms. The molecule has 88 valence electrons. The van der Waals surface area contributed by atoms with Gasteiger partial charge in [-0.25, -0.2) is 9.78 Å². The van der Waals surface area contributed by atoms with Crippen LogP contribution >= 0.6 is 11.8 Å². The molecule has 0 bridgehead atoms. The highest BCUT2D eigenvalue weighted by atomic mass is 32.2. The SMILES string of the molecule is CCSCCCOc1cccnc1C(=O)O. The van der Waals surface area contributed by atoms with Crippen molar-refractivity contribution in [2.75, 3.05) is 18.1 Å². The van der Waals surface area contributed by atoms with Crippen molar-refractivity contribution in [1.29, 1.82) is 0 Å². The van der Waals surface area contributed by atoms with Crippen molar-refractivity contribution < 1.29 is 14.6 Å². The average Bonchev–Trinajstić information content (AvgIpc) is 2.29. The molecule has 0 aliphatic rings. The summed E-state index contributed by atoms with van der Waals surface area (Å²) in [4.78, 5) is 14.6. The van der Waals surface area contributed by atoms with Crippen LogP contribution < -0.4 is 4.74 Å². The minimum absolute atomic E-state index is 0.0226. The second-order valence-corrected chi connectivity index (χ2v) is 4.45. The molecule has 0 radical (unpaired) electrons. The minimum Gasteiger partial charge on any atom is -0.491 e. The fourth-order valence-electron chi connectivity index (χ4n) is 1.16. The minimum atomic E-state index is -1.06. The van der Waals surface area contributed by atoms with Crippen LogP contribution in [0.1, 0.15) is 23.8 Å². The van der Waals surface area contributed by atoms with Crippen LogP contribution in [-0.2, 0) is 0 Å². The zero-order valence-electron chi connectivity index (χ0n) is 9.18. The summed E-state index contributed by atoms with van der Waals surface area (Å²) in [5, 5.41) is 8.86. The first-order chi connectivity index (χ1) is 7.75. The quantitative estimate of drug-likeness (QED) is 0.742. The van der Waals surface area contributed by atoms with Crippen LogP contribution in [0.3, 0.4) is 0 Å². The van der Waals surface area contributed by atoms with E-state index in [1.165, 1.54) is 6.20 Å². The molecule has 0 saturated heterocycles. The van der Waals surface area contributed by atoms with Crippen LogP contribution in [-0.4, -0.2) is 34.2 Å². The molecule has 0 aliphatic heterocycles. The Labute approximate surface area is 99.0 Å². The van der Waals surface area contributed by atoms with Gasteiger partial charge in [0.15, 0.2) is 11.4 Å². The van der Waals surface area contributed by atoms with E-state index in [0.717, 1.165) is 17.9 Å². The van der Waals surface area contributed by atoms with Gasteiger partial charge in [0, 0.05) is 6.20 Å². The number of carboxylic acid groups (broad SMARTS) is 1. The van der Waals surface area contributed by atoms with Crippen LogP contribution in [0.4, 0.5) is 0 Å². The predicted octanol–water partition coefficient (Wildman–Crippen LogP) is 2.30. The maximum Gasteiger partial charge on any atom is 0.358 e. The van der Waals surface area contributed by atoms with Crippen molar-refractivity contribution in [2.24, 2.45) is 0 Å². The first kappa shape index (κ1) is 12.8. The summed E-state index contributed by atoms with van der Waals surface area (Å²) in [6, 6.07) is 3.30. The average molecular weight is 241 g/mol. The molecule has 0 aromatic carbocycles. The smallest absolute Gasteiger partial charge is 0.358 e. The Hall–Kier alpha value is -1.23. The molecule has 16 heavy (non-hydrogen) atoms. The normalized spacial score (nSPS) is 10.1. The summed E-state index contributed by atoms with van der Waals surface area (Å²) in [7, 11) is 0.